The van der Waals surface area contributed by atoms with Crippen LogP contribution in [0, 0.1) is 0 Å². The quantitative estimate of drug-likeness (QED) is 0.722. The molecular weight excluding hydrogens is 258 g/mol. The molecule has 0 N–H and O–H groups in total. The monoisotopic (exact) mass is 271 g/mol. The second kappa shape index (κ2) is 4.90. The summed E-state index contributed by atoms with van der Waals surface area (Å²) in [6.45, 7) is 0. The molecule has 4 heteroatoms. The van der Waals surface area contributed by atoms with E-state index in [-0.39, 0.29) is 0 Å². The normalized spacial score (nSPS) is 10.6. The molecule has 19 heavy (non-hydrogen) atoms. The van der Waals surface area contributed by atoms with E-state index in [0.29, 0.717) is 0 Å². The molecule has 2 aromatic carbocycles. The summed E-state index contributed by atoms with van der Waals surface area (Å²) < 4.78 is 11.6. The fourth-order valence-electron chi connectivity index (χ4n) is 1.91. The molecule has 0 unspecified atom stereocenters. The van der Waals surface area contributed by atoms with E-state index in [1.54, 1.807) is 25.6 Å². The molecule has 0 saturated heterocycles. The lowest BCUT2D eigenvalue weighted by molar-refractivity contribution is 0.415. The number of thiazole rings is 1. The Labute approximate surface area is 115 Å². The van der Waals surface area contributed by atoms with Crippen molar-refractivity contribution in [1.82, 2.24) is 4.98 Å². The third-order valence-electron chi connectivity index (χ3n) is 2.91. The number of hydrogen-bond acceptors (Lipinski definition) is 4. The van der Waals surface area contributed by atoms with Crippen molar-refractivity contribution in [3.05, 3.63) is 42.5 Å². The molecule has 0 aliphatic carbocycles. The molecule has 3 aromatic rings. The summed E-state index contributed by atoms with van der Waals surface area (Å²) in [6, 6.07) is 13.9. The summed E-state index contributed by atoms with van der Waals surface area (Å²) in [4.78, 5) is 4.64. The summed E-state index contributed by atoms with van der Waals surface area (Å²) in [7, 11) is 3.34. The molecule has 0 aliphatic heterocycles. The van der Waals surface area contributed by atoms with Crippen molar-refractivity contribution >= 4 is 21.6 Å². The van der Waals surface area contributed by atoms with Crippen LogP contribution in [0.15, 0.2) is 42.5 Å². The fourth-order valence-corrected chi connectivity index (χ4v) is 2.90. The number of methoxy groups -OCH3 is 2. The first-order chi connectivity index (χ1) is 9.30. The van der Waals surface area contributed by atoms with Crippen molar-refractivity contribution in [3.63, 3.8) is 0 Å². The van der Waals surface area contributed by atoms with Gasteiger partial charge < -0.3 is 9.47 Å². The van der Waals surface area contributed by atoms with Crippen LogP contribution in [0.25, 0.3) is 20.8 Å². The number of hydrogen-bond donors (Lipinski definition) is 0. The second-order valence-corrected chi connectivity index (χ2v) is 5.12. The summed E-state index contributed by atoms with van der Waals surface area (Å²) in [5.74, 6) is 1.70. The highest BCUT2D eigenvalue weighted by atomic mass is 32.1. The van der Waals surface area contributed by atoms with Crippen molar-refractivity contribution in [2.75, 3.05) is 14.2 Å². The molecule has 0 radical (unpaired) electrons. The van der Waals surface area contributed by atoms with E-state index in [4.69, 9.17) is 9.47 Å². The van der Waals surface area contributed by atoms with Gasteiger partial charge in [-0.1, -0.05) is 12.1 Å². The second-order valence-electron chi connectivity index (χ2n) is 4.08. The van der Waals surface area contributed by atoms with Gasteiger partial charge in [-0.2, -0.15) is 0 Å². The summed E-state index contributed by atoms with van der Waals surface area (Å²) in [5, 5.41) is 0.988. The zero-order valence-corrected chi connectivity index (χ0v) is 11.5. The Bertz CT molecular complexity index is 721. The Morgan fingerprint density at radius 1 is 0.947 bits per heavy atom. The van der Waals surface area contributed by atoms with Gasteiger partial charge in [0.15, 0.2) is 0 Å². The molecule has 1 heterocycles. The Kier molecular flexibility index (Phi) is 3.09. The van der Waals surface area contributed by atoms with Gasteiger partial charge in [0.2, 0.25) is 0 Å². The number of benzene rings is 2. The lowest BCUT2D eigenvalue weighted by atomic mass is 10.2. The van der Waals surface area contributed by atoms with Crippen LogP contribution in [0.4, 0.5) is 0 Å². The minimum absolute atomic E-state index is 0.842. The van der Waals surface area contributed by atoms with E-state index >= 15 is 0 Å². The maximum atomic E-state index is 5.24. The zero-order valence-electron chi connectivity index (χ0n) is 10.7. The van der Waals surface area contributed by atoms with E-state index in [0.717, 1.165) is 32.3 Å². The largest absolute Gasteiger partial charge is 0.497 e. The fraction of sp³-hybridized carbons (Fsp3) is 0.133. The molecular formula is C15H13NO2S. The third kappa shape index (κ3) is 2.27. The predicted octanol–water partition coefficient (Wildman–Crippen LogP) is 3.98. The Balaban J connectivity index is 2.09. The Hall–Kier alpha value is -2.07. The molecule has 0 fully saturated rings. The number of rotatable bonds is 3. The highest BCUT2D eigenvalue weighted by Crippen LogP contribution is 2.33. The van der Waals surface area contributed by atoms with Gasteiger partial charge in [0.25, 0.3) is 0 Å². The Morgan fingerprint density at radius 2 is 1.74 bits per heavy atom. The Morgan fingerprint density at radius 3 is 2.53 bits per heavy atom. The van der Waals surface area contributed by atoms with Gasteiger partial charge in [-0.05, 0) is 30.3 Å². The van der Waals surface area contributed by atoms with Gasteiger partial charge in [0.1, 0.15) is 16.5 Å². The van der Waals surface area contributed by atoms with Crippen LogP contribution in [0.2, 0.25) is 0 Å². The van der Waals surface area contributed by atoms with E-state index in [1.807, 2.05) is 42.5 Å². The van der Waals surface area contributed by atoms with E-state index in [2.05, 4.69) is 4.98 Å². The minimum atomic E-state index is 0.842. The van der Waals surface area contributed by atoms with Crippen molar-refractivity contribution in [2.45, 2.75) is 0 Å². The predicted molar refractivity (Wildman–Crippen MR) is 78.2 cm³/mol. The molecule has 3 rings (SSSR count). The molecule has 0 aliphatic rings. The van der Waals surface area contributed by atoms with E-state index < -0.39 is 0 Å². The summed E-state index contributed by atoms with van der Waals surface area (Å²) in [5.41, 5.74) is 2.06. The molecule has 0 atom stereocenters. The number of nitrogens with zero attached hydrogens (tertiary/aromatic N) is 1. The zero-order chi connectivity index (χ0) is 13.2. The van der Waals surface area contributed by atoms with Crippen LogP contribution in [0.3, 0.4) is 0 Å². The SMILES string of the molecule is COc1cccc(-c2nc3ccc(OC)cc3s2)c1. The number of aromatic nitrogens is 1. The average molecular weight is 271 g/mol. The van der Waals surface area contributed by atoms with Crippen molar-refractivity contribution in [3.8, 4) is 22.1 Å². The van der Waals surface area contributed by atoms with Gasteiger partial charge in [-0.25, -0.2) is 4.98 Å². The van der Waals surface area contributed by atoms with Gasteiger partial charge in [0, 0.05) is 5.56 Å². The van der Waals surface area contributed by atoms with Crippen LogP contribution < -0.4 is 9.47 Å². The third-order valence-corrected chi connectivity index (χ3v) is 3.98. The standard InChI is InChI=1S/C15H13NO2S/c1-17-11-5-3-4-10(8-11)15-16-13-7-6-12(18-2)9-14(13)19-15/h3-9H,1-2H3. The number of ether oxygens (including phenoxy) is 2. The molecule has 1 aromatic heterocycles. The number of fused-ring (bicyclic) bond motifs is 1. The molecule has 3 nitrogen and oxygen atoms in total. The molecule has 96 valence electrons. The first-order valence-corrected chi connectivity index (χ1v) is 6.71. The van der Waals surface area contributed by atoms with Crippen LogP contribution in [0.1, 0.15) is 0 Å². The molecule has 0 spiro atoms. The highest BCUT2D eigenvalue weighted by molar-refractivity contribution is 7.21. The molecule has 0 saturated carbocycles. The lowest BCUT2D eigenvalue weighted by Crippen LogP contribution is -1.83. The highest BCUT2D eigenvalue weighted by Gasteiger charge is 2.07. The van der Waals surface area contributed by atoms with E-state index in [1.165, 1.54) is 0 Å². The smallest absolute Gasteiger partial charge is 0.124 e. The van der Waals surface area contributed by atoms with Crippen molar-refractivity contribution in [2.24, 2.45) is 0 Å². The van der Waals surface area contributed by atoms with Gasteiger partial charge in [-0.3, -0.25) is 0 Å². The summed E-state index contributed by atoms with van der Waals surface area (Å²) in [6.07, 6.45) is 0. The first kappa shape index (κ1) is 12.0. The van der Waals surface area contributed by atoms with Crippen molar-refractivity contribution < 1.29 is 9.47 Å². The first-order valence-electron chi connectivity index (χ1n) is 5.89. The van der Waals surface area contributed by atoms with Gasteiger partial charge in [0.05, 0.1) is 24.4 Å². The minimum Gasteiger partial charge on any atom is -0.497 e. The van der Waals surface area contributed by atoms with Crippen molar-refractivity contribution in [1.29, 1.82) is 0 Å². The van der Waals surface area contributed by atoms with Crippen LogP contribution in [-0.4, -0.2) is 19.2 Å². The van der Waals surface area contributed by atoms with Crippen LogP contribution in [-0.2, 0) is 0 Å². The van der Waals surface area contributed by atoms with Gasteiger partial charge >= 0.3 is 0 Å². The average Bonchev–Trinajstić information content (AvgIpc) is 2.90. The van der Waals surface area contributed by atoms with E-state index in [9.17, 15) is 0 Å². The van der Waals surface area contributed by atoms with Gasteiger partial charge in [-0.15, -0.1) is 11.3 Å². The molecule has 0 amide bonds. The maximum Gasteiger partial charge on any atom is 0.124 e. The van der Waals surface area contributed by atoms with Crippen LogP contribution in [0.5, 0.6) is 11.5 Å². The molecule has 0 bridgehead atoms. The summed E-state index contributed by atoms with van der Waals surface area (Å²) >= 11 is 1.65. The van der Waals surface area contributed by atoms with Crippen LogP contribution >= 0.6 is 11.3 Å². The lowest BCUT2D eigenvalue weighted by Gasteiger charge is -2.00. The topological polar surface area (TPSA) is 31.4 Å². The maximum absolute atomic E-state index is 5.24.